The minimum absolute atomic E-state index is 0.224. The summed E-state index contributed by atoms with van der Waals surface area (Å²) in [7, 11) is 0. The van der Waals surface area contributed by atoms with E-state index >= 15 is 0 Å². The van der Waals surface area contributed by atoms with E-state index in [0.29, 0.717) is 30.5 Å². The van der Waals surface area contributed by atoms with E-state index in [0.717, 1.165) is 6.54 Å². The Morgan fingerprint density at radius 3 is 1.88 bits per heavy atom. The summed E-state index contributed by atoms with van der Waals surface area (Å²) in [6.45, 7) is 15.0. The van der Waals surface area contributed by atoms with Crippen LogP contribution in [0.3, 0.4) is 0 Å². The van der Waals surface area contributed by atoms with Gasteiger partial charge in [-0.25, -0.2) is 0 Å². The summed E-state index contributed by atoms with van der Waals surface area (Å²) >= 11 is 0. The van der Waals surface area contributed by atoms with Crippen LogP contribution in [0.25, 0.3) is 0 Å². The van der Waals surface area contributed by atoms with Crippen LogP contribution < -0.4 is 0 Å². The van der Waals surface area contributed by atoms with Gasteiger partial charge in [0.05, 0.1) is 0 Å². The molecule has 1 N–H and O–H groups in total. The van der Waals surface area contributed by atoms with Gasteiger partial charge in [-0.05, 0) is 46.0 Å². The first-order valence-electron chi connectivity index (χ1n) is 6.71. The molecule has 1 fully saturated rings. The molecule has 0 radical (unpaired) electrons. The Labute approximate surface area is 101 Å². The van der Waals surface area contributed by atoms with Gasteiger partial charge in [0.1, 0.15) is 0 Å². The van der Waals surface area contributed by atoms with Crippen LogP contribution in [0.2, 0.25) is 0 Å². The number of aliphatic hydroxyl groups is 1. The van der Waals surface area contributed by atoms with Gasteiger partial charge in [0.2, 0.25) is 0 Å². The van der Waals surface area contributed by atoms with Gasteiger partial charge in [-0.15, -0.1) is 0 Å². The van der Waals surface area contributed by atoms with Crippen molar-refractivity contribution in [3.05, 3.63) is 0 Å². The Balaban J connectivity index is 2.57. The van der Waals surface area contributed by atoms with Crippen LogP contribution in [0.1, 0.15) is 48.0 Å². The zero-order valence-corrected chi connectivity index (χ0v) is 11.8. The van der Waals surface area contributed by atoms with E-state index in [9.17, 15) is 5.11 Å². The normalized spacial score (nSPS) is 29.8. The fourth-order valence-corrected chi connectivity index (χ4v) is 3.00. The molecule has 2 heteroatoms. The molecule has 0 aliphatic heterocycles. The third kappa shape index (κ3) is 2.60. The van der Waals surface area contributed by atoms with E-state index in [4.69, 9.17) is 0 Å². The second-order valence-electron chi connectivity index (χ2n) is 6.33. The predicted octanol–water partition coefficient (Wildman–Crippen LogP) is 2.76. The van der Waals surface area contributed by atoms with E-state index in [2.05, 4.69) is 46.4 Å². The Morgan fingerprint density at radius 2 is 1.62 bits per heavy atom. The molecular formula is C14H29NO. The number of nitrogens with zero attached hydrogens (tertiary/aromatic N) is 1. The molecule has 0 aromatic heterocycles. The fraction of sp³-hybridized carbons (Fsp3) is 1.00. The van der Waals surface area contributed by atoms with Gasteiger partial charge in [-0.3, -0.25) is 4.90 Å². The van der Waals surface area contributed by atoms with Gasteiger partial charge in [0, 0.05) is 30.7 Å². The number of rotatable bonds is 6. The summed E-state index contributed by atoms with van der Waals surface area (Å²) in [4.78, 5) is 2.55. The van der Waals surface area contributed by atoms with Crippen LogP contribution in [0.15, 0.2) is 0 Å². The summed E-state index contributed by atoms with van der Waals surface area (Å²) in [5, 5.41) is 9.57. The lowest BCUT2D eigenvalue weighted by atomic mass is 9.90. The predicted molar refractivity (Wildman–Crippen MR) is 69.4 cm³/mol. The standard InChI is InChI=1S/C14H29NO/c1-10(2)14(9-16)7-13(14)8-15(11(3)4)12(5)6/h10-13,16H,7-9H2,1-6H3. The van der Waals surface area contributed by atoms with E-state index in [1.807, 2.05) is 0 Å². The zero-order chi connectivity index (χ0) is 12.5. The minimum Gasteiger partial charge on any atom is -0.396 e. The molecule has 0 aromatic rings. The highest BCUT2D eigenvalue weighted by Gasteiger charge is 2.55. The molecule has 0 spiro atoms. The van der Waals surface area contributed by atoms with Crippen molar-refractivity contribution in [1.82, 2.24) is 4.90 Å². The van der Waals surface area contributed by atoms with Crippen molar-refractivity contribution >= 4 is 0 Å². The van der Waals surface area contributed by atoms with Crippen LogP contribution in [0.4, 0.5) is 0 Å². The Hall–Kier alpha value is -0.0800. The van der Waals surface area contributed by atoms with Gasteiger partial charge in [0.25, 0.3) is 0 Å². The van der Waals surface area contributed by atoms with Crippen LogP contribution in [0.5, 0.6) is 0 Å². The second-order valence-corrected chi connectivity index (χ2v) is 6.33. The minimum atomic E-state index is 0.224. The van der Waals surface area contributed by atoms with E-state index in [1.54, 1.807) is 0 Å². The SMILES string of the molecule is CC(C)N(CC1CC1(CO)C(C)C)C(C)C. The average Bonchev–Trinajstić information content (AvgIpc) is 2.88. The second kappa shape index (κ2) is 5.05. The highest BCUT2D eigenvalue weighted by Crippen LogP contribution is 2.57. The number of aliphatic hydroxyl groups excluding tert-OH is 1. The van der Waals surface area contributed by atoms with Crippen molar-refractivity contribution in [3.63, 3.8) is 0 Å². The quantitative estimate of drug-likeness (QED) is 0.754. The fourth-order valence-electron chi connectivity index (χ4n) is 3.00. The van der Waals surface area contributed by atoms with Crippen molar-refractivity contribution < 1.29 is 5.11 Å². The molecule has 0 heterocycles. The maximum Gasteiger partial charge on any atom is 0.0493 e. The largest absolute Gasteiger partial charge is 0.396 e. The summed E-state index contributed by atoms with van der Waals surface area (Å²) < 4.78 is 0. The topological polar surface area (TPSA) is 23.5 Å². The molecule has 0 aromatic carbocycles. The summed E-state index contributed by atoms with van der Waals surface area (Å²) in [6.07, 6.45) is 1.21. The molecule has 1 saturated carbocycles. The summed E-state index contributed by atoms with van der Waals surface area (Å²) in [5.41, 5.74) is 0.224. The van der Waals surface area contributed by atoms with Gasteiger partial charge >= 0.3 is 0 Å². The molecule has 2 unspecified atom stereocenters. The lowest BCUT2D eigenvalue weighted by molar-refractivity contribution is 0.119. The maximum absolute atomic E-state index is 9.57. The van der Waals surface area contributed by atoms with Gasteiger partial charge in [-0.1, -0.05) is 13.8 Å². The molecule has 16 heavy (non-hydrogen) atoms. The molecule has 2 nitrogen and oxygen atoms in total. The van der Waals surface area contributed by atoms with E-state index in [1.165, 1.54) is 6.42 Å². The zero-order valence-electron chi connectivity index (χ0n) is 11.8. The van der Waals surface area contributed by atoms with E-state index in [-0.39, 0.29) is 5.41 Å². The highest BCUT2D eigenvalue weighted by atomic mass is 16.3. The van der Waals surface area contributed by atoms with Crippen LogP contribution in [0, 0.1) is 17.3 Å². The van der Waals surface area contributed by atoms with Crippen molar-refractivity contribution in [1.29, 1.82) is 0 Å². The van der Waals surface area contributed by atoms with Crippen LogP contribution in [-0.2, 0) is 0 Å². The molecule has 1 rings (SSSR count). The lowest BCUT2D eigenvalue weighted by Gasteiger charge is -2.32. The first-order valence-corrected chi connectivity index (χ1v) is 6.71. The maximum atomic E-state index is 9.57. The Morgan fingerprint density at radius 1 is 1.12 bits per heavy atom. The van der Waals surface area contributed by atoms with Crippen molar-refractivity contribution in [2.75, 3.05) is 13.2 Å². The van der Waals surface area contributed by atoms with Gasteiger partial charge < -0.3 is 5.11 Å². The van der Waals surface area contributed by atoms with Crippen LogP contribution in [-0.4, -0.2) is 35.2 Å². The molecule has 1 aliphatic rings. The highest BCUT2D eigenvalue weighted by molar-refractivity contribution is 5.05. The first-order chi connectivity index (χ1) is 7.35. The lowest BCUT2D eigenvalue weighted by Crippen LogP contribution is -2.39. The first kappa shape index (κ1) is 14.0. The molecule has 96 valence electrons. The molecule has 0 bridgehead atoms. The Bertz CT molecular complexity index is 217. The third-order valence-electron chi connectivity index (χ3n) is 4.48. The molecule has 1 aliphatic carbocycles. The summed E-state index contributed by atoms with van der Waals surface area (Å²) in [6, 6.07) is 1.20. The molecule has 0 amide bonds. The van der Waals surface area contributed by atoms with Gasteiger partial charge in [-0.2, -0.15) is 0 Å². The molecule has 2 atom stereocenters. The van der Waals surface area contributed by atoms with Gasteiger partial charge in [0.15, 0.2) is 0 Å². The van der Waals surface area contributed by atoms with E-state index < -0.39 is 0 Å². The Kier molecular flexibility index (Phi) is 4.42. The smallest absolute Gasteiger partial charge is 0.0493 e. The monoisotopic (exact) mass is 227 g/mol. The number of hydrogen-bond acceptors (Lipinski definition) is 2. The molecular weight excluding hydrogens is 198 g/mol. The summed E-state index contributed by atoms with van der Waals surface area (Å²) in [5.74, 6) is 1.30. The third-order valence-corrected chi connectivity index (χ3v) is 4.48. The van der Waals surface area contributed by atoms with Crippen molar-refractivity contribution in [3.8, 4) is 0 Å². The average molecular weight is 227 g/mol. The van der Waals surface area contributed by atoms with Crippen molar-refractivity contribution in [2.45, 2.75) is 60.0 Å². The number of hydrogen-bond donors (Lipinski definition) is 1. The van der Waals surface area contributed by atoms with Crippen LogP contribution >= 0.6 is 0 Å². The molecule has 0 saturated heterocycles. The van der Waals surface area contributed by atoms with Crippen molar-refractivity contribution in [2.24, 2.45) is 17.3 Å².